The molecule has 0 aliphatic heterocycles. The summed E-state index contributed by atoms with van der Waals surface area (Å²) in [4.78, 5) is 5.30. The number of nitrogens with zero attached hydrogens (tertiary/aromatic N) is 2. The topological polar surface area (TPSA) is 64.9 Å². The largest absolute Gasteiger partial charge is 0.399 e. The average molecular weight is 324 g/mol. The van der Waals surface area contributed by atoms with Gasteiger partial charge in [0.15, 0.2) is 5.82 Å². The standard InChI is InChI=1S/C13H10ClN3OS2/c14-10-5-9(15)1-2-11(10)20-7-12-16-13(18-17-12)8-3-4-19-6-8/h1-6H,7,15H2. The highest BCUT2D eigenvalue weighted by Gasteiger charge is 2.10. The van der Waals surface area contributed by atoms with Gasteiger partial charge < -0.3 is 10.3 Å². The number of nitrogen functional groups attached to an aromatic ring is 1. The summed E-state index contributed by atoms with van der Waals surface area (Å²) < 4.78 is 5.23. The molecule has 0 aliphatic rings. The van der Waals surface area contributed by atoms with E-state index in [2.05, 4.69) is 10.1 Å². The molecule has 0 atom stereocenters. The van der Waals surface area contributed by atoms with Gasteiger partial charge in [0, 0.05) is 16.0 Å². The van der Waals surface area contributed by atoms with Crippen LogP contribution in [0.15, 0.2) is 44.4 Å². The van der Waals surface area contributed by atoms with Crippen molar-refractivity contribution in [3.8, 4) is 11.5 Å². The van der Waals surface area contributed by atoms with Crippen molar-refractivity contribution < 1.29 is 4.52 Å². The number of thioether (sulfide) groups is 1. The second kappa shape index (κ2) is 5.87. The van der Waals surface area contributed by atoms with E-state index in [1.807, 2.05) is 29.0 Å². The molecule has 0 saturated heterocycles. The zero-order valence-electron chi connectivity index (χ0n) is 10.2. The lowest BCUT2D eigenvalue weighted by atomic mass is 10.3. The third kappa shape index (κ3) is 2.98. The second-order valence-corrected chi connectivity index (χ2v) is 6.21. The maximum atomic E-state index is 6.12. The van der Waals surface area contributed by atoms with Gasteiger partial charge in [-0.3, -0.25) is 0 Å². The lowest BCUT2D eigenvalue weighted by Crippen LogP contribution is -1.87. The molecule has 0 saturated carbocycles. The maximum Gasteiger partial charge on any atom is 0.258 e. The molecule has 3 rings (SSSR count). The van der Waals surface area contributed by atoms with Gasteiger partial charge in [0.25, 0.3) is 5.89 Å². The summed E-state index contributed by atoms with van der Waals surface area (Å²) in [7, 11) is 0. The zero-order chi connectivity index (χ0) is 13.9. The molecular formula is C13H10ClN3OS2. The minimum Gasteiger partial charge on any atom is -0.399 e. The molecule has 0 bridgehead atoms. The smallest absolute Gasteiger partial charge is 0.258 e. The summed E-state index contributed by atoms with van der Waals surface area (Å²) in [6.45, 7) is 0. The van der Waals surface area contributed by atoms with Crippen LogP contribution in [0, 0.1) is 0 Å². The van der Waals surface area contributed by atoms with Crippen LogP contribution in [-0.2, 0) is 5.75 Å². The van der Waals surface area contributed by atoms with Gasteiger partial charge in [-0.1, -0.05) is 16.8 Å². The SMILES string of the molecule is Nc1ccc(SCc2noc(-c3ccsc3)n2)c(Cl)c1. The zero-order valence-corrected chi connectivity index (χ0v) is 12.6. The molecule has 3 aromatic rings. The molecule has 20 heavy (non-hydrogen) atoms. The van der Waals surface area contributed by atoms with Gasteiger partial charge in [-0.15, -0.1) is 11.8 Å². The Kier molecular flexibility index (Phi) is 3.95. The summed E-state index contributed by atoms with van der Waals surface area (Å²) in [5.74, 6) is 1.78. The third-order valence-corrected chi connectivity index (χ3v) is 4.73. The van der Waals surface area contributed by atoms with Gasteiger partial charge in [0.05, 0.1) is 16.3 Å². The fraction of sp³-hybridized carbons (Fsp3) is 0.0769. The van der Waals surface area contributed by atoms with E-state index in [1.54, 1.807) is 29.2 Å². The number of thiophene rings is 1. The summed E-state index contributed by atoms with van der Waals surface area (Å²) in [5, 5.41) is 8.55. The number of hydrogen-bond donors (Lipinski definition) is 1. The van der Waals surface area contributed by atoms with Crippen molar-refractivity contribution in [2.75, 3.05) is 5.73 Å². The van der Waals surface area contributed by atoms with Crippen molar-refractivity contribution in [1.29, 1.82) is 0 Å². The molecule has 2 N–H and O–H groups in total. The fourth-order valence-corrected chi connectivity index (χ4v) is 3.34. The Morgan fingerprint density at radius 1 is 1.35 bits per heavy atom. The number of benzene rings is 1. The molecule has 4 nitrogen and oxygen atoms in total. The van der Waals surface area contributed by atoms with Crippen LogP contribution in [0.25, 0.3) is 11.5 Å². The van der Waals surface area contributed by atoms with Crippen LogP contribution >= 0.6 is 34.7 Å². The highest BCUT2D eigenvalue weighted by molar-refractivity contribution is 7.98. The van der Waals surface area contributed by atoms with Crippen LogP contribution in [0.5, 0.6) is 0 Å². The van der Waals surface area contributed by atoms with Crippen LogP contribution in [0.2, 0.25) is 5.02 Å². The number of hydrogen-bond acceptors (Lipinski definition) is 6. The highest BCUT2D eigenvalue weighted by atomic mass is 35.5. The van der Waals surface area contributed by atoms with Crippen molar-refractivity contribution in [3.05, 3.63) is 45.9 Å². The fourth-order valence-electron chi connectivity index (χ4n) is 1.59. The van der Waals surface area contributed by atoms with Crippen molar-refractivity contribution in [3.63, 3.8) is 0 Å². The Morgan fingerprint density at radius 2 is 2.25 bits per heavy atom. The van der Waals surface area contributed by atoms with E-state index in [9.17, 15) is 0 Å². The first kappa shape index (κ1) is 13.5. The van der Waals surface area contributed by atoms with Gasteiger partial charge in [0.1, 0.15) is 0 Å². The number of nitrogens with two attached hydrogens (primary N) is 1. The Balaban J connectivity index is 1.70. The molecule has 0 spiro atoms. The predicted octanol–water partition coefficient (Wildman–Crippen LogP) is 4.33. The first-order valence-electron chi connectivity index (χ1n) is 5.75. The van der Waals surface area contributed by atoms with Crippen LogP contribution in [0.3, 0.4) is 0 Å². The molecular weight excluding hydrogens is 314 g/mol. The molecule has 0 radical (unpaired) electrons. The predicted molar refractivity (Wildman–Crippen MR) is 83.0 cm³/mol. The molecule has 2 heterocycles. The summed E-state index contributed by atoms with van der Waals surface area (Å²) in [6.07, 6.45) is 0. The lowest BCUT2D eigenvalue weighted by molar-refractivity contribution is 0.425. The van der Waals surface area contributed by atoms with Gasteiger partial charge >= 0.3 is 0 Å². The number of rotatable bonds is 4. The second-order valence-electron chi connectivity index (χ2n) is 4.01. The van der Waals surface area contributed by atoms with Crippen molar-refractivity contribution in [1.82, 2.24) is 10.1 Å². The van der Waals surface area contributed by atoms with Gasteiger partial charge in [-0.05, 0) is 29.6 Å². The highest BCUT2D eigenvalue weighted by Crippen LogP contribution is 2.31. The van der Waals surface area contributed by atoms with Gasteiger partial charge in [-0.25, -0.2) is 0 Å². The van der Waals surface area contributed by atoms with E-state index >= 15 is 0 Å². The molecule has 0 unspecified atom stereocenters. The Labute approximate surface area is 129 Å². The minimum absolute atomic E-state index is 0.547. The van der Waals surface area contributed by atoms with Crippen LogP contribution in [0.4, 0.5) is 5.69 Å². The quantitative estimate of drug-likeness (QED) is 0.572. The van der Waals surface area contributed by atoms with E-state index in [4.69, 9.17) is 21.9 Å². The van der Waals surface area contributed by atoms with Crippen molar-refractivity contribution in [2.24, 2.45) is 0 Å². The average Bonchev–Trinajstić information content (AvgIpc) is 3.08. The first-order chi connectivity index (χ1) is 9.72. The molecule has 0 aliphatic carbocycles. The van der Waals surface area contributed by atoms with Crippen molar-refractivity contribution >= 4 is 40.4 Å². The van der Waals surface area contributed by atoms with Crippen LogP contribution in [0.1, 0.15) is 5.82 Å². The number of halogens is 1. The number of anilines is 1. The first-order valence-corrected chi connectivity index (χ1v) is 8.06. The summed E-state index contributed by atoms with van der Waals surface area (Å²) in [5.41, 5.74) is 7.26. The van der Waals surface area contributed by atoms with E-state index in [0.29, 0.717) is 28.2 Å². The molecule has 2 aromatic heterocycles. The number of aromatic nitrogens is 2. The van der Waals surface area contributed by atoms with E-state index in [-0.39, 0.29) is 0 Å². The summed E-state index contributed by atoms with van der Waals surface area (Å²) >= 11 is 9.26. The van der Waals surface area contributed by atoms with Crippen LogP contribution in [-0.4, -0.2) is 10.1 Å². The van der Waals surface area contributed by atoms with Gasteiger partial charge in [0.2, 0.25) is 0 Å². The molecule has 102 valence electrons. The Morgan fingerprint density at radius 3 is 3.00 bits per heavy atom. The van der Waals surface area contributed by atoms with E-state index < -0.39 is 0 Å². The Hall–Kier alpha value is -1.50. The van der Waals surface area contributed by atoms with E-state index in [1.165, 1.54) is 0 Å². The van der Waals surface area contributed by atoms with Crippen LogP contribution < -0.4 is 5.73 Å². The maximum absolute atomic E-state index is 6.12. The molecule has 1 aromatic carbocycles. The summed E-state index contributed by atoms with van der Waals surface area (Å²) in [6, 6.07) is 7.40. The Bertz CT molecular complexity index is 712. The van der Waals surface area contributed by atoms with E-state index in [0.717, 1.165) is 10.5 Å². The normalized spacial score (nSPS) is 10.8. The van der Waals surface area contributed by atoms with Gasteiger partial charge in [-0.2, -0.15) is 16.3 Å². The monoisotopic (exact) mass is 323 g/mol. The third-order valence-electron chi connectivity index (χ3n) is 2.55. The molecule has 0 amide bonds. The minimum atomic E-state index is 0.547. The molecule has 7 heteroatoms. The molecule has 0 fully saturated rings. The van der Waals surface area contributed by atoms with Crippen molar-refractivity contribution in [2.45, 2.75) is 10.6 Å². The lowest BCUT2D eigenvalue weighted by Gasteiger charge is -2.02.